The number of nitrogens with zero attached hydrogens (tertiary/aromatic N) is 1. The van der Waals surface area contributed by atoms with Gasteiger partial charge in [0, 0.05) is 5.56 Å². The first-order chi connectivity index (χ1) is 12.3. The Hall–Kier alpha value is -2.33. The molecule has 4 nitrogen and oxygen atoms in total. The minimum Gasteiger partial charge on any atom is -0.489 e. The van der Waals surface area contributed by atoms with Crippen LogP contribution in [0.25, 0.3) is 0 Å². The lowest BCUT2D eigenvalue weighted by atomic mass is 10.0. The van der Waals surface area contributed by atoms with Crippen LogP contribution in [0.2, 0.25) is 0 Å². The molecule has 1 aliphatic heterocycles. The highest BCUT2D eigenvalue weighted by Crippen LogP contribution is 2.23. The zero-order valence-corrected chi connectivity index (χ0v) is 16.0. The molecule has 0 N–H and O–H groups in total. The van der Waals surface area contributed by atoms with E-state index in [1.165, 1.54) is 5.56 Å². The minimum absolute atomic E-state index is 0.0256. The number of hydrogen-bond acceptors (Lipinski definition) is 3. The van der Waals surface area contributed by atoms with Gasteiger partial charge in [0.1, 0.15) is 19.1 Å². The summed E-state index contributed by atoms with van der Waals surface area (Å²) in [6, 6.07) is 15.8. The average molecular weight is 353 g/mol. The van der Waals surface area contributed by atoms with Crippen LogP contribution in [0, 0.1) is 0 Å². The van der Waals surface area contributed by atoms with E-state index in [0.717, 1.165) is 5.56 Å². The van der Waals surface area contributed by atoms with Crippen LogP contribution in [0.3, 0.4) is 0 Å². The highest BCUT2D eigenvalue weighted by atomic mass is 16.5. The lowest BCUT2D eigenvalue weighted by Gasteiger charge is -2.17. The van der Waals surface area contributed by atoms with Crippen LogP contribution < -0.4 is 4.74 Å². The fraction of sp³-hybridized carbons (Fsp3) is 0.409. The van der Waals surface area contributed by atoms with Crippen molar-refractivity contribution in [3.63, 3.8) is 0 Å². The van der Waals surface area contributed by atoms with E-state index in [1.807, 2.05) is 32.0 Å². The van der Waals surface area contributed by atoms with Crippen molar-refractivity contribution < 1.29 is 14.3 Å². The van der Waals surface area contributed by atoms with Crippen LogP contribution >= 0.6 is 0 Å². The highest BCUT2D eigenvalue weighted by molar-refractivity contribution is 5.94. The summed E-state index contributed by atoms with van der Waals surface area (Å²) < 4.78 is 11.5. The molecule has 1 heterocycles. The Morgan fingerprint density at radius 2 is 1.92 bits per heavy atom. The molecule has 0 radical (unpaired) electrons. The number of ether oxygens (including phenoxy) is 2. The zero-order chi connectivity index (χ0) is 18.7. The van der Waals surface area contributed by atoms with Gasteiger partial charge in [-0.05, 0) is 49.1 Å². The zero-order valence-electron chi connectivity index (χ0n) is 16.0. The Kier molecular flexibility index (Phi) is 5.33. The second-order valence-electron chi connectivity index (χ2n) is 7.75. The summed E-state index contributed by atoms with van der Waals surface area (Å²) in [5.41, 5.74) is 2.77. The third kappa shape index (κ3) is 4.44. The number of amides is 1. The van der Waals surface area contributed by atoms with Crippen molar-refractivity contribution in [1.29, 1.82) is 0 Å². The monoisotopic (exact) mass is 353 g/mol. The molecule has 1 amide bonds. The van der Waals surface area contributed by atoms with Crippen LogP contribution in [0.5, 0.6) is 5.75 Å². The molecule has 0 aromatic heterocycles. The van der Waals surface area contributed by atoms with Crippen LogP contribution in [0.15, 0.2) is 48.5 Å². The van der Waals surface area contributed by atoms with E-state index in [0.29, 0.717) is 37.1 Å². The van der Waals surface area contributed by atoms with Crippen LogP contribution in [0.4, 0.5) is 0 Å². The van der Waals surface area contributed by atoms with Crippen molar-refractivity contribution >= 4 is 5.91 Å². The van der Waals surface area contributed by atoms with E-state index in [4.69, 9.17) is 9.47 Å². The predicted octanol–water partition coefficient (Wildman–Crippen LogP) is 4.60. The summed E-state index contributed by atoms with van der Waals surface area (Å²) >= 11 is 0. The van der Waals surface area contributed by atoms with Crippen LogP contribution in [0.1, 0.15) is 55.1 Å². The molecule has 3 rings (SSSR count). The van der Waals surface area contributed by atoms with Crippen molar-refractivity contribution in [2.24, 2.45) is 0 Å². The molecule has 0 bridgehead atoms. The van der Waals surface area contributed by atoms with Gasteiger partial charge in [0.05, 0.1) is 12.1 Å². The number of benzene rings is 2. The van der Waals surface area contributed by atoms with Crippen molar-refractivity contribution in [3.05, 3.63) is 65.2 Å². The molecule has 2 aromatic rings. The van der Waals surface area contributed by atoms with Gasteiger partial charge in [-0.3, -0.25) is 4.79 Å². The van der Waals surface area contributed by atoms with Crippen molar-refractivity contribution in [2.75, 3.05) is 13.3 Å². The van der Waals surface area contributed by atoms with Crippen LogP contribution in [-0.2, 0) is 11.3 Å². The summed E-state index contributed by atoms with van der Waals surface area (Å²) in [5, 5.41) is 0. The van der Waals surface area contributed by atoms with Crippen molar-refractivity contribution in [1.82, 2.24) is 4.90 Å². The molecule has 0 atom stereocenters. The van der Waals surface area contributed by atoms with Crippen molar-refractivity contribution in [3.8, 4) is 5.75 Å². The molecule has 4 heteroatoms. The maximum Gasteiger partial charge on any atom is 0.255 e. The molecule has 0 unspecified atom stereocenters. The fourth-order valence-corrected chi connectivity index (χ4v) is 3.00. The number of carbonyl (C=O) groups is 1. The summed E-state index contributed by atoms with van der Waals surface area (Å²) in [4.78, 5) is 14.4. The van der Waals surface area contributed by atoms with E-state index in [-0.39, 0.29) is 11.5 Å². The quantitative estimate of drug-likeness (QED) is 0.789. The Balaban J connectivity index is 1.63. The van der Waals surface area contributed by atoms with Crippen molar-refractivity contribution in [2.45, 2.75) is 45.8 Å². The first-order valence-corrected chi connectivity index (χ1v) is 9.09. The van der Waals surface area contributed by atoms with Gasteiger partial charge >= 0.3 is 0 Å². The van der Waals surface area contributed by atoms with Gasteiger partial charge in [-0.1, -0.05) is 44.2 Å². The van der Waals surface area contributed by atoms with Gasteiger partial charge in [0.2, 0.25) is 0 Å². The van der Waals surface area contributed by atoms with Gasteiger partial charge in [-0.25, -0.2) is 0 Å². The molecule has 1 fully saturated rings. The lowest BCUT2D eigenvalue weighted by Crippen LogP contribution is -2.32. The highest BCUT2D eigenvalue weighted by Gasteiger charge is 2.33. The first kappa shape index (κ1) is 18.5. The van der Waals surface area contributed by atoms with E-state index < -0.39 is 0 Å². The van der Waals surface area contributed by atoms with Gasteiger partial charge in [0.15, 0.2) is 0 Å². The topological polar surface area (TPSA) is 38.8 Å². The Labute approximate surface area is 155 Å². The molecule has 0 saturated carbocycles. The number of carbonyl (C=O) groups excluding carboxylic acids is 1. The third-order valence-corrected chi connectivity index (χ3v) is 4.60. The molecule has 0 aliphatic carbocycles. The normalized spacial score (nSPS) is 16.1. The number of rotatable bonds is 5. The third-order valence-electron chi connectivity index (χ3n) is 4.60. The minimum atomic E-state index is -0.286. The average Bonchev–Trinajstić information content (AvgIpc) is 3.00. The molecule has 0 spiro atoms. The van der Waals surface area contributed by atoms with E-state index in [9.17, 15) is 4.79 Å². The number of hydrogen-bond donors (Lipinski definition) is 0. The molecule has 138 valence electrons. The van der Waals surface area contributed by atoms with Crippen LogP contribution in [-0.4, -0.2) is 29.7 Å². The van der Waals surface area contributed by atoms with Gasteiger partial charge in [0.25, 0.3) is 5.91 Å². The summed E-state index contributed by atoms with van der Waals surface area (Å²) in [6.45, 7) is 9.75. The Morgan fingerprint density at radius 1 is 1.19 bits per heavy atom. The SMILES string of the molecule is CC(C)c1ccc(COc2cccc(C(=O)N3COC(C)(C)C3)c2)cc1. The van der Waals surface area contributed by atoms with E-state index in [1.54, 1.807) is 11.0 Å². The maximum atomic E-state index is 12.7. The fourth-order valence-electron chi connectivity index (χ4n) is 3.00. The molecule has 26 heavy (non-hydrogen) atoms. The van der Waals surface area contributed by atoms with Gasteiger partial charge < -0.3 is 14.4 Å². The van der Waals surface area contributed by atoms with Gasteiger partial charge in [-0.15, -0.1) is 0 Å². The maximum absolute atomic E-state index is 12.7. The summed E-state index contributed by atoms with van der Waals surface area (Å²) in [5.74, 6) is 1.19. The molecular formula is C22H27NO3. The molecule has 1 saturated heterocycles. The Morgan fingerprint density at radius 3 is 2.54 bits per heavy atom. The second-order valence-corrected chi connectivity index (χ2v) is 7.75. The van der Waals surface area contributed by atoms with Gasteiger partial charge in [-0.2, -0.15) is 0 Å². The predicted molar refractivity (Wildman–Crippen MR) is 102 cm³/mol. The smallest absolute Gasteiger partial charge is 0.255 e. The molecule has 2 aromatic carbocycles. The molecular weight excluding hydrogens is 326 g/mol. The Bertz CT molecular complexity index is 765. The standard InChI is InChI=1S/C22H27NO3/c1-16(2)18-10-8-17(9-11-18)13-25-20-7-5-6-19(12-20)21(24)23-14-22(3,4)26-15-23/h5-12,16H,13-15H2,1-4H3. The first-order valence-electron chi connectivity index (χ1n) is 9.09. The second kappa shape index (κ2) is 7.50. The summed E-state index contributed by atoms with van der Waals surface area (Å²) in [7, 11) is 0. The lowest BCUT2D eigenvalue weighted by molar-refractivity contribution is 0.0312. The molecule has 1 aliphatic rings. The largest absolute Gasteiger partial charge is 0.489 e. The van der Waals surface area contributed by atoms with E-state index in [2.05, 4.69) is 38.1 Å². The summed E-state index contributed by atoms with van der Waals surface area (Å²) in [6.07, 6.45) is 0. The van der Waals surface area contributed by atoms with E-state index >= 15 is 0 Å².